The number of carbonyl (C=O) groups excluding carboxylic acids is 3. The number of amides is 3. The van der Waals surface area contributed by atoms with Crippen LogP contribution < -0.4 is 16.0 Å². The topological polar surface area (TPSA) is 87.3 Å². The molecule has 1 heterocycles. The van der Waals surface area contributed by atoms with Gasteiger partial charge >= 0.3 is 0 Å². The molecule has 1 atom stereocenters. The molecule has 170 valence electrons. The Morgan fingerprint density at radius 2 is 1.38 bits per heavy atom. The Morgan fingerprint density at radius 1 is 0.676 bits per heavy atom. The van der Waals surface area contributed by atoms with Crippen molar-refractivity contribution in [3.8, 4) is 0 Å². The normalized spacial score (nSPS) is 11.3. The number of nitrogens with one attached hydrogen (secondary N) is 3. The molecule has 1 unspecified atom stereocenters. The first-order chi connectivity index (χ1) is 16.5. The highest BCUT2D eigenvalue weighted by Gasteiger charge is 2.14. The van der Waals surface area contributed by atoms with Crippen LogP contribution in [0.15, 0.2) is 96.4 Å². The minimum atomic E-state index is -0.278. The molecule has 0 spiro atoms. The molecule has 3 N–H and O–H groups in total. The maximum Gasteiger partial charge on any atom is 0.265 e. The molecule has 34 heavy (non-hydrogen) atoms. The molecule has 0 aliphatic carbocycles. The highest BCUT2D eigenvalue weighted by Crippen LogP contribution is 2.20. The van der Waals surface area contributed by atoms with Crippen LogP contribution in [0.3, 0.4) is 0 Å². The summed E-state index contributed by atoms with van der Waals surface area (Å²) in [6, 6.07) is 26.4. The van der Waals surface area contributed by atoms with E-state index in [1.54, 1.807) is 42.5 Å². The van der Waals surface area contributed by atoms with Gasteiger partial charge in [0.25, 0.3) is 17.7 Å². The monoisotopic (exact) mass is 469 g/mol. The predicted molar refractivity (Wildman–Crippen MR) is 135 cm³/mol. The van der Waals surface area contributed by atoms with Gasteiger partial charge in [0.1, 0.15) is 0 Å². The van der Waals surface area contributed by atoms with Gasteiger partial charge in [0.05, 0.1) is 10.9 Å². The second-order valence-corrected chi connectivity index (χ2v) is 8.60. The second kappa shape index (κ2) is 10.6. The molecule has 0 bridgehead atoms. The van der Waals surface area contributed by atoms with Crippen LogP contribution in [0.25, 0.3) is 0 Å². The van der Waals surface area contributed by atoms with Crippen LogP contribution in [0.5, 0.6) is 0 Å². The van der Waals surface area contributed by atoms with E-state index < -0.39 is 0 Å². The van der Waals surface area contributed by atoms with Crippen LogP contribution in [-0.4, -0.2) is 17.7 Å². The molecule has 6 nitrogen and oxygen atoms in total. The molecule has 0 radical (unpaired) electrons. The zero-order valence-corrected chi connectivity index (χ0v) is 19.3. The van der Waals surface area contributed by atoms with Crippen molar-refractivity contribution in [1.29, 1.82) is 0 Å². The number of hydrogen-bond acceptors (Lipinski definition) is 4. The van der Waals surface area contributed by atoms with Crippen LogP contribution in [-0.2, 0) is 0 Å². The second-order valence-electron chi connectivity index (χ2n) is 7.65. The van der Waals surface area contributed by atoms with Gasteiger partial charge in [0.15, 0.2) is 0 Å². The van der Waals surface area contributed by atoms with E-state index in [1.807, 2.05) is 60.8 Å². The van der Waals surface area contributed by atoms with E-state index in [-0.39, 0.29) is 23.8 Å². The largest absolute Gasteiger partial charge is 0.346 e. The lowest BCUT2D eigenvalue weighted by Gasteiger charge is -2.16. The van der Waals surface area contributed by atoms with E-state index in [0.717, 1.165) is 5.56 Å². The summed E-state index contributed by atoms with van der Waals surface area (Å²) in [6.45, 7) is 1.88. The van der Waals surface area contributed by atoms with Crippen molar-refractivity contribution in [2.24, 2.45) is 0 Å². The quantitative estimate of drug-likeness (QED) is 0.322. The zero-order valence-electron chi connectivity index (χ0n) is 18.4. The average molecular weight is 470 g/mol. The molecule has 3 aromatic carbocycles. The fourth-order valence-electron chi connectivity index (χ4n) is 3.35. The number of thiophene rings is 1. The minimum absolute atomic E-state index is 0.180. The van der Waals surface area contributed by atoms with Crippen molar-refractivity contribution in [2.75, 3.05) is 10.6 Å². The van der Waals surface area contributed by atoms with Gasteiger partial charge in [-0.25, -0.2) is 0 Å². The Kier molecular flexibility index (Phi) is 7.15. The molecule has 0 saturated heterocycles. The minimum Gasteiger partial charge on any atom is -0.346 e. The first-order valence-electron chi connectivity index (χ1n) is 10.7. The smallest absolute Gasteiger partial charge is 0.265 e. The van der Waals surface area contributed by atoms with E-state index in [9.17, 15) is 14.4 Å². The van der Waals surface area contributed by atoms with E-state index in [4.69, 9.17) is 0 Å². The Balaban J connectivity index is 1.36. The fourth-order valence-corrected chi connectivity index (χ4v) is 3.97. The van der Waals surface area contributed by atoms with Crippen molar-refractivity contribution < 1.29 is 14.4 Å². The number of rotatable bonds is 7. The lowest BCUT2D eigenvalue weighted by molar-refractivity contribution is 0.0938. The summed E-state index contributed by atoms with van der Waals surface area (Å²) in [6.07, 6.45) is 0. The van der Waals surface area contributed by atoms with Gasteiger partial charge < -0.3 is 16.0 Å². The third-order valence-corrected chi connectivity index (χ3v) is 6.05. The van der Waals surface area contributed by atoms with Gasteiger partial charge in [-0.15, -0.1) is 11.3 Å². The van der Waals surface area contributed by atoms with Gasteiger partial charge in [-0.05, 0) is 72.5 Å². The molecule has 0 fully saturated rings. The molecule has 1 aromatic heterocycles. The molecular weight excluding hydrogens is 446 g/mol. The Bertz CT molecular complexity index is 1290. The van der Waals surface area contributed by atoms with E-state index in [1.165, 1.54) is 11.3 Å². The Morgan fingerprint density at radius 3 is 2.09 bits per heavy atom. The average Bonchev–Trinajstić information content (AvgIpc) is 3.40. The predicted octanol–water partition coefficient (Wildman–Crippen LogP) is 5.74. The summed E-state index contributed by atoms with van der Waals surface area (Å²) in [5.41, 5.74) is 3.18. The third kappa shape index (κ3) is 5.76. The van der Waals surface area contributed by atoms with Crippen molar-refractivity contribution in [1.82, 2.24) is 5.32 Å². The highest BCUT2D eigenvalue weighted by molar-refractivity contribution is 7.12. The fraction of sp³-hybridized carbons (Fsp3) is 0.0741. The summed E-state index contributed by atoms with van der Waals surface area (Å²) in [5, 5.41) is 10.5. The molecule has 0 aliphatic rings. The molecule has 0 saturated carbocycles. The summed E-state index contributed by atoms with van der Waals surface area (Å²) in [7, 11) is 0. The summed E-state index contributed by atoms with van der Waals surface area (Å²) in [4.78, 5) is 37.9. The van der Waals surface area contributed by atoms with Crippen LogP contribution >= 0.6 is 11.3 Å². The van der Waals surface area contributed by atoms with Crippen molar-refractivity contribution in [3.05, 3.63) is 118 Å². The van der Waals surface area contributed by atoms with Gasteiger partial charge in [0.2, 0.25) is 0 Å². The maximum atomic E-state index is 12.7. The molecule has 4 rings (SSSR count). The Labute approximate surface area is 201 Å². The van der Waals surface area contributed by atoms with Crippen LogP contribution in [0, 0.1) is 0 Å². The summed E-state index contributed by atoms with van der Waals surface area (Å²) in [5.74, 6) is -0.608. The van der Waals surface area contributed by atoms with Crippen molar-refractivity contribution >= 4 is 40.4 Å². The Hall–Kier alpha value is -4.23. The number of anilines is 2. The lowest BCUT2D eigenvalue weighted by Crippen LogP contribution is -2.26. The highest BCUT2D eigenvalue weighted by atomic mass is 32.1. The standard InChI is InChI=1S/C27H23N3O3S/c1-18(21-9-5-10-23(17-21)30-26(32)19-7-3-2-4-8-19)28-25(31)20-12-14-22(15-13-20)29-27(33)24-11-6-16-34-24/h2-18H,1H3,(H,28,31)(H,29,33)(H,30,32). The SMILES string of the molecule is CC(NC(=O)c1ccc(NC(=O)c2cccs2)cc1)c1cccc(NC(=O)c2ccccc2)c1. The lowest BCUT2D eigenvalue weighted by atomic mass is 10.1. The molecule has 7 heteroatoms. The summed E-state index contributed by atoms with van der Waals surface area (Å²) >= 11 is 1.37. The van der Waals surface area contributed by atoms with Gasteiger partial charge in [-0.1, -0.05) is 36.4 Å². The van der Waals surface area contributed by atoms with Gasteiger partial charge in [-0.3, -0.25) is 14.4 Å². The summed E-state index contributed by atoms with van der Waals surface area (Å²) < 4.78 is 0. The molecular formula is C27H23N3O3S. The number of hydrogen-bond donors (Lipinski definition) is 3. The first kappa shape index (κ1) is 22.9. The number of carbonyl (C=O) groups is 3. The van der Waals surface area contributed by atoms with E-state index >= 15 is 0 Å². The molecule has 4 aromatic rings. The molecule has 0 aliphatic heterocycles. The number of benzene rings is 3. The molecule has 3 amide bonds. The van der Waals surface area contributed by atoms with E-state index in [0.29, 0.717) is 27.4 Å². The van der Waals surface area contributed by atoms with Crippen LogP contribution in [0.2, 0.25) is 0 Å². The van der Waals surface area contributed by atoms with Crippen molar-refractivity contribution in [3.63, 3.8) is 0 Å². The van der Waals surface area contributed by atoms with Crippen LogP contribution in [0.1, 0.15) is 48.9 Å². The van der Waals surface area contributed by atoms with E-state index in [2.05, 4.69) is 16.0 Å². The maximum absolute atomic E-state index is 12.7. The van der Waals surface area contributed by atoms with Crippen molar-refractivity contribution in [2.45, 2.75) is 13.0 Å². The third-order valence-electron chi connectivity index (χ3n) is 5.18. The van der Waals surface area contributed by atoms with Gasteiger partial charge in [-0.2, -0.15) is 0 Å². The zero-order chi connectivity index (χ0) is 23.9. The van der Waals surface area contributed by atoms with Crippen LogP contribution in [0.4, 0.5) is 11.4 Å². The van der Waals surface area contributed by atoms with Gasteiger partial charge in [0, 0.05) is 22.5 Å². The first-order valence-corrected chi connectivity index (χ1v) is 11.6.